The molecule has 10 heteroatoms. The number of methoxy groups -OCH3 is 1. The highest BCUT2D eigenvalue weighted by Crippen LogP contribution is 2.26. The molecule has 3 rings (SSSR count). The molecule has 0 saturated carbocycles. The number of rotatable bonds is 7. The number of nitrogens with zero attached hydrogens (tertiary/aromatic N) is 2. The van der Waals surface area contributed by atoms with Gasteiger partial charge in [-0.3, -0.25) is 4.79 Å². The average molecular weight is 501 g/mol. The number of hydrogen-bond donors (Lipinski definition) is 0. The Morgan fingerprint density at radius 2 is 1.71 bits per heavy atom. The lowest BCUT2D eigenvalue weighted by molar-refractivity contribution is -0.145. The van der Waals surface area contributed by atoms with Crippen molar-refractivity contribution in [2.75, 3.05) is 7.11 Å². The van der Waals surface area contributed by atoms with Crippen molar-refractivity contribution in [3.05, 3.63) is 65.9 Å². The van der Waals surface area contributed by atoms with Gasteiger partial charge in [0.25, 0.3) is 10.0 Å². The van der Waals surface area contributed by atoms with Crippen LogP contribution in [0.15, 0.2) is 59.6 Å². The number of amides is 1. The first-order valence-electron chi connectivity index (χ1n) is 10.8. The molecule has 0 aliphatic carbocycles. The van der Waals surface area contributed by atoms with Gasteiger partial charge >= 0.3 is 12.1 Å². The molecule has 1 amide bonds. The van der Waals surface area contributed by atoms with Crippen LogP contribution < -0.4 is 0 Å². The molecule has 0 radical (unpaired) electrons. The van der Waals surface area contributed by atoms with Crippen LogP contribution in [0.3, 0.4) is 0 Å². The van der Waals surface area contributed by atoms with Gasteiger partial charge in [-0.25, -0.2) is 18.0 Å². The average Bonchev–Trinajstić information content (AvgIpc) is 3.14. The first kappa shape index (κ1) is 26.0. The molecule has 0 saturated heterocycles. The van der Waals surface area contributed by atoms with Crippen molar-refractivity contribution >= 4 is 39.3 Å². The number of sulfonamides is 1. The number of benzene rings is 2. The zero-order valence-corrected chi connectivity index (χ0v) is 21.0. The second-order valence-corrected chi connectivity index (χ2v) is 10.8. The number of aryl methyl sites for hydroxylation is 1. The molecular formula is C25H28N2O7S. The Bertz CT molecular complexity index is 1350. The van der Waals surface area contributed by atoms with Crippen molar-refractivity contribution in [2.24, 2.45) is 0 Å². The lowest BCUT2D eigenvalue weighted by Crippen LogP contribution is -2.52. The largest absolute Gasteiger partial charge is 0.467 e. The molecule has 0 spiro atoms. The molecule has 0 bridgehead atoms. The first-order chi connectivity index (χ1) is 16.4. The summed E-state index contributed by atoms with van der Waals surface area (Å²) in [5, 5.41) is 0.622. The molecule has 0 aliphatic rings. The lowest BCUT2D eigenvalue weighted by Gasteiger charge is -2.31. The Labute approximate surface area is 204 Å². The summed E-state index contributed by atoms with van der Waals surface area (Å²) < 4.78 is 39.7. The van der Waals surface area contributed by atoms with Crippen molar-refractivity contribution in [3.63, 3.8) is 0 Å². The van der Waals surface area contributed by atoms with Crippen LogP contribution in [0.4, 0.5) is 4.79 Å². The molecule has 0 unspecified atom stereocenters. The molecular weight excluding hydrogens is 472 g/mol. The molecule has 0 N–H and O–H groups in total. The summed E-state index contributed by atoms with van der Waals surface area (Å²) in [7, 11) is -3.44. The van der Waals surface area contributed by atoms with E-state index in [1.54, 1.807) is 68.7 Å². The number of aldehydes is 1. The van der Waals surface area contributed by atoms with E-state index < -0.39 is 33.7 Å². The third-order valence-electron chi connectivity index (χ3n) is 5.22. The predicted molar refractivity (Wildman–Crippen MR) is 130 cm³/mol. The van der Waals surface area contributed by atoms with Crippen molar-refractivity contribution in [2.45, 2.75) is 50.8 Å². The third-order valence-corrected chi connectivity index (χ3v) is 7.01. The summed E-state index contributed by atoms with van der Waals surface area (Å²) in [6.07, 6.45) is 0.945. The van der Waals surface area contributed by atoms with E-state index in [-0.39, 0.29) is 11.4 Å². The Morgan fingerprint density at radius 1 is 1.09 bits per heavy atom. The van der Waals surface area contributed by atoms with Gasteiger partial charge in [0.2, 0.25) is 0 Å². The molecule has 0 aliphatic heterocycles. The second-order valence-electron chi connectivity index (χ2n) is 9.01. The molecule has 2 aromatic carbocycles. The van der Waals surface area contributed by atoms with Crippen molar-refractivity contribution in [1.82, 2.24) is 8.87 Å². The van der Waals surface area contributed by atoms with Crippen LogP contribution in [0, 0.1) is 6.92 Å². The second kappa shape index (κ2) is 9.91. The smallest absolute Gasteiger partial charge is 0.425 e. The summed E-state index contributed by atoms with van der Waals surface area (Å²) in [4.78, 5) is 37.6. The summed E-state index contributed by atoms with van der Waals surface area (Å²) in [6, 6.07) is 11.2. The van der Waals surface area contributed by atoms with Crippen LogP contribution >= 0.6 is 0 Å². The Balaban J connectivity index is 2.18. The van der Waals surface area contributed by atoms with Gasteiger partial charge in [-0.1, -0.05) is 35.9 Å². The van der Waals surface area contributed by atoms with Crippen LogP contribution in [0.1, 0.15) is 36.7 Å². The summed E-state index contributed by atoms with van der Waals surface area (Å²) in [6.45, 7) is 6.26. The number of ether oxygens (including phenoxy) is 2. The number of carbonyl (C=O) groups excluding carboxylic acids is 3. The number of carbonyl (C=O) groups is 3. The Morgan fingerprint density at radius 3 is 2.29 bits per heavy atom. The topological polar surface area (TPSA) is 112 Å². The number of esters is 1. The molecule has 1 aromatic heterocycles. The zero-order valence-electron chi connectivity index (χ0n) is 20.2. The number of fused-ring (bicyclic) bond motifs is 1. The molecule has 9 nitrogen and oxygen atoms in total. The Kier molecular flexibility index (Phi) is 7.35. The maximum Gasteiger partial charge on any atom is 0.425 e. The highest BCUT2D eigenvalue weighted by Gasteiger charge is 2.43. The van der Waals surface area contributed by atoms with Crippen molar-refractivity contribution in [1.29, 1.82) is 0 Å². The maximum absolute atomic E-state index is 13.7. The third kappa shape index (κ3) is 5.54. The number of hydrogen-bond acceptors (Lipinski definition) is 7. The van der Waals surface area contributed by atoms with Gasteiger partial charge in [-0.05, 0) is 45.9 Å². The van der Waals surface area contributed by atoms with E-state index in [2.05, 4.69) is 0 Å². The van der Waals surface area contributed by atoms with E-state index in [1.807, 2.05) is 0 Å². The maximum atomic E-state index is 13.7. The van der Waals surface area contributed by atoms with Crippen LogP contribution in [-0.4, -0.2) is 54.4 Å². The van der Waals surface area contributed by atoms with Crippen LogP contribution in [0.25, 0.3) is 10.9 Å². The lowest BCUT2D eigenvalue weighted by atomic mass is 10.2. The van der Waals surface area contributed by atoms with Gasteiger partial charge in [0.1, 0.15) is 5.60 Å². The van der Waals surface area contributed by atoms with Gasteiger partial charge in [-0.2, -0.15) is 4.31 Å². The monoisotopic (exact) mass is 500 g/mol. The predicted octanol–water partition coefficient (Wildman–Crippen LogP) is 3.93. The van der Waals surface area contributed by atoms with Crippen LogP contribution in [-0.2, 0) is 30.8 Å². The minimum atomic E-state index is -4.54. The van der Waals surface area contributed by atoms with E-state index in [9.17, 15) is 22.8 Å². The quantitative estimate of drug-likeness (QED) is 0.357. The highest BCUT2D eigenvalue weighted by atomic mass is 32.2. The van der Waals surface area contributed by atoms with Crippen molar-refractivity contribution in [3.8, 4) is 0 Å². The van der Waals surface area contributed by atoms with E-state index >= 15 is 0 Å². The van der Waals surface area contributed by atoms with E-state index in [4.69, 9.17) is 9.47 Å². The fourth-order valence-electron chi connectivity index (χ4n) is 3.61. The normalized spacial score (nSPS) is 12.7. The zero-order chi connectivity index (χ0) is 26.0. The minimum absolute atomic E-state index is 0.186. The fourth-order valence-corrected chi connectivity index (χ4v) is 5.04. The summed E-state index contributed by atoms with van der Waals surface area (Å²) in [5.41, 5.74) is 0.719. The molecule has 35 heavy (non-hydrogen) atoms. The van der Waals surface area contributed by atoms with Crippen LogP contribution in [0.2, 0.25) is 0 Å². The van der Waals surface area contributed by atoms with E-state index in [1.165, 1.54) is 18.3 Å². The van der Waals surface area contributed by atoms with Crippen molar-refractivity contribution < 1.29 is 32.3 Å². The molecule has 3 aromatic rings. The van der Waals surface area contributed by atoms with E-state index in [0.29, 0.717) is 27.1 Å². The molecule has 1 atom stereocenters. The first-order valence-corrected chi connectivity index (χ1v) is 12.3. The Hall–Kier alpha value is -3.66. The van der Waals surface area contributed by atoms with Gasteiger partial charge in [0, 0.05) is 22.7 Å². The SMILES string of the molecule is COC(=O)[C@H](Cn1cc(C=O)c2ccccc21)N(C(=O)OC(C)(C)C)S(=O)(=O)c1ccc(C)cc1. The molecule has 0 fully saturated rings. The summed E-state index contributed by atoms with van der Waals surface area (Å²) >= 11 is 0. The van der Waals surface area contributed by atoms with Gasteiger partial charge in [0.05, 0.1) is 18.6 Å². The molecule has 186 valence electrons. The number of aromatic nitrogens is 1. The van der Waals surface area contributed by atoms with Gasteiger partial charge < -0.3 is 14.0 Å². The van der Waals surface area contributed by atoms with Gasteiger partial charge in [-0.15, -0.1) is 0 Å². The highest BCUT2D eigenvalue weighted by molar-refractivity contribution is 7.89. The fraction of sp³-hybridized carbons (Fsp3) is 0.320. The minimum Gasteiger partial charge on any atom is -0.467 e. The van der Waals surface area contributed by atoms with E-state index in [0.717, 1.165) is 12.7 Å². The molecule has 1 heterocycles. The van der Waals surface area contributed by atoms with Crippen LogP contribution in [0.5, 0.6) is 0 Å². The standard InChI is InChI=1S/C25H28N2O7S/c1-17-10-12-19(13-11-17)35(31,32)27(24(30)34-25(2,3)4)22(23(29)33-5)15-26-14-18(16-28)20-8-6-7-9-21(20)26/h6-14,16,22H,15H2,1-5H3/t22-/m0/s1. The number of para-hydroxylation sites is 1. The summed E-state index contributed by atoms with van der Waals surface area (Å²) in [5.74, 6) is -0.961. The van der Waals surface area contributed by atoms with Gasteiger partial charge in [0.15, 0.2) is 12.3 Å².